The van der Waals surface area contributed by atoms with Crippen LogP contribution in [-0.2, 0) is 78.4 Å². The van der Waals surface area contributed by atoms with Crippen LogP contribution < -0.4 is 0 Å². The minimum Gasteiger partial charge on any atom is -0.481 e. The molecule has 7 rings (SSSR count). The number of H-pyrrole nitrogens is 2. The van der Waals surface area contributed by atoms with Crippen LogP contribution in [-0.4, -0.2) is 85.0 Å². The molecule has 2 aromatic heterocycles. The van der Waals surface area contributed by atoms with Gasteiger partial charge in [0.2, 0.25) is 5.78 Å². The zero-order chi connectivity index (χ0) is 58.1. The Morgan fingerprint density at radius 1 is 0.456 bits per heavy atom. The van der Waals surface area contributed by atoms with Crippen molar-refractivity contribution >= 4 is 99.2 Å². The molecule has 79 heavy (non-hydrogen) atoms. The van der Waals surface area contributed by atoms with E-state index in [1.807, 2.05) is 97.1 Å². The van der Waals surface area contributed by atoms with Crippen molar-refractivity contribution < 1.29 is 53.2 Å². The van der Waals surface area contributed by atoms with Crippen LogP contribution in [0.1, 0.15) is 107 Å². The van der Waals surface area contributed by atoms with Crippen LogP contribution in [0.5, 0.6) is 0 Å². The van der Waals surface area contributed by atoms with Crippen molar-refractivity contribution in [2.45, 2.75) is 91.4 Å². The van der Waals surface area contributed by atoms with Crippen molar-refractivity contribution in [2.75, 3.05) is 13.2 Å². The highest BCUT2D eigenvalue weighted by Crippen LogP contribution is 2.16. The lowest BCUT2D eigenvalue weighted by molar-refractivity contribution is -0.154. The van der Waals surface area contributed by atoms with Crippen molar-refractivity contribution in [3.05, 3.63) is 209 Å². The Morgan fingerprint density at radius 3 is 1.14 bits per heavy atom. The number of aromatic nitrogens is 4. The van der Waals surface area contributed by atoms with Gasteiger partial charge in [0.15, 0.2) is 11.4 Å². The molecule has 5 aromatic carbocycles. The van der Waals surface area contributed by atoms with Gasteiger partial charge in [-0.1, -0.05) is 119 Å². The van der Waals surface area contributed by atoms with Crippen molar-refractivity contribution in [3.63, 3.8) is 0 Å². The third kappa shape index (κ3) is 28.9. The molecule has 15 nitrogen and oxygen atoms in total. The number of aryl methyl sites for hydroxylation is 7. The Hall–Kier alpha value is -7.14. The molecule has 4 N–H and O–H groups in total. The van der Waals surface area contributed by atoms with Gasteiger partial charge in [-0.3, -0.25) is 24.6 Å². The van der Waals surface area contributed by atoms with Gasteiger partial charge >= 0.3 is 23.9 Å². The van der Waals surface area contributed by atoms with E-state index in [0.29, 0.717) is 46.6 Å². The topological polar surface area (TPSA) is 236 Å². The smallest absolute Gasteiger partial charge is 0.375 e. The van der Waals surface area contributed by atoms with Crippen LogP contribution in [0.2, 0.25) is 25.1 Å². The number of carboxylic acid groups (broad SMARTS) is 2. The Kier molecular flexibility index (Phi) is 30.9. The van der Waals surface area contributed by atoms with E-state index in [2.05, 4.69) is 25.1 Å². The van der Waals surface area contributed by atoms with E-state index in [1.54, 1.807) is 57.2 Å². The number of rotatable bonds is 22. The monoisotopic (exact) mass is 1180 g/mol. The normalized spacial score (nSPS) is 10.1. The Labute approximate surface area is 483 Å². The van der Waals surface area contributed by atoms with Crippen molar-refractivity contribution in [2.24, 2.45) is 0 Å². The molecule has 2 heterocycles. The first-order valence-electron chi connectivity index (χ1n) is 24.9. The molecule has 0 radical (unpaired) electrons. The largest absolute Gasteiger partial charge is 0.481 e. The van der Waals surface area contributed by atoms with Crippen molar-refractivity contribution in [1.82, 2.24) is 20.4 Å². The summed E-state index contributed by atoms with van der Waals surface area (Å²) in [5.41, 5.74) is 7.58. The van der Waals surface area contributed by atoms with Gasteiger partial charge in [-0.15, -0.1) is 0 Å². The fourth-order valence-electron chi connectivity index (χ4n) is 6.62. The maximum Gasteiger partial charge on any atom is 0.375 e. The van der Waals surface area contributed by atoms with E-state index < -0.39 is 36.1 Å². The highest BCUT2D eigenvalue weighted by molar-refractivity contribution is 6.37. The molecule has 0 amide bonds. The molecule has 20 heteroatoms. The van der Waals surface area contributed by atoms with E-state index >= 15 is 0 Å². The van der Waals surface area contributed by atoms with E-state index in [0.717, 1.165) is 75.8 Å². The third-order valence-corrected chi connectivity index (χ3v) is 12.1. The van der Waals surface area contributed by atoms with Gasteiger partial charge in [-0.05, 0) is 166 Å². The lowest BCUT2D eigenvalue weighted by Crippen LogP contribution is -2.20. The molecule has 0 saturated heterocycles. The molecule has 0 unspecified atom stereocenters. The first-order valence-corrected chi connectivity index (χ1v) is 26.8. The lowest BCUT2D eigenvalue weighted by Gasteiger charge is -2.02. The standard InChI is InChI=1S/C14H15ClN2O2.C14H15ClO4.C12H11ClN2O2.C10H11ClO.C9H9ClO2/c1-2-19-14(18)13-9-12(16-17-13)8-5-10-3-6-11(15)7-4-10;1-2-19-14(18)13(17)9-12(16)8-5-10-3-6-11(15)7-4-10;13-9-4-1-8(2-5-9)3-6-10-7-11(12(16)17)15-14-10;1-8(12)2-3-9-4-6-10(11)7-5-9;10-8-4-1-7(2-5-8)3-6-9(11)12/h3-4,6-7,9H,2,5,8H2,1H3,(H,16,17);3-4,6-7H,2,5,8-9H2,1H3;1-2,4-5,7H,3,6H2,(H,14,15)(H,16,17);4-7H,2-3H2,1H3;1-2,4-5H,3,6H2,(H,11,12). The number of nitrogens with one attached hydrogen (secondary N) is 2. The number of Topliss-reactive ketones (excluding diaryl/α,β-unsaturated/α-hetero) is 3. The van der Waals surface area contributed by atoms with Crippen molar-refractivity contribution in [1.29, 1.82) is 0 Å². The number of ether oxygens (including phenoxy) is 2. The number of nitrogens with zero attached hydrogens (tertiary/aromatic N) is 2. The Morgan fingerprint density at radius 2 is 0.797 bits per heavy atom. The summed E-state index contributed by atoms with van der Waals surface area (Å²) in [6, 6.07) is 40.5. The van der Waals surface area contributed by atoms with E-state index in [1.165, 1.54) is 5.56 Å². The minimum absolute atomic E-state index is 0.0520. The van der Waals surface area contributed by atoms with E-state index in [4.69, 9.17) is 73.0 Å². The molecule has 0 fully saturated rings. The fourth-order valence-corrected chi connectivity index (χ4v) is 7.25. The number of carbonyl (C=O) groups is 7. The first-order chi connectivity index (χ1) is 37.7. The van der Waals surface area contributed by atoms with Gasteiger partial charge in [0, 0.05) is 55.8 Å². The molecular weight excluding hydrogens is 1120 g/mol. The molecule has 0 saturated carbocycles. The average Bonchev–Trinajstić information content (AvgIpc) is 4.12. The minimum atomic E-state index is -1.01. The second-order valence-electron chi connectivity index (χ2n) is 17.2. The summed E-state index contributed by atoms with van der Waals surface area (Å²) in [5.74, 6) is -3.95. The first kappa shape index (κ1) is 66.1. The molecule has 0 spiro atoms. The number of aromatic amines is 2. The number of halogens is 5. The molecule has 0 aliphatic rings. The predicted molar refractivity (Wildman–Crippen MR) is 307 cm³/mol. The zero-order valence-electron chi connectivity index (χ0n) is 43.7. The van der Waals surface area contributed by atoms with Crippen LogP contribution in [0, 0.1) is 0 Å². The number of hydrogen-bond donors (Lipinski definition) is 4. The summed E-state index contributed by atoms with van der Waals surface area (Å²) < 4.78 is 9.41. The summed E-state index contributed by atoms with van der Waals surface area (Å²) in [6.45, 7) is 5.46. The molecule has 7 aromatic rings. The number of aromatic carboxylic acids is 1. The van der Waals surface area contributed by atoms with Crippen LogP contribution in [0.4, 0.5) is 0 Å². The number of carboxylic acids is 2. The number of ketones is 3. The SMILES string of the molecule is CC(=O)CCc1ccc(Cl)cc1.CCOC(=O)C(=O)CC(=O)CCc1ccc(Cl)cc1.CCOC(=O)c1cc(CCc2ccc(Cl)cc2)[nH]n1.O=C(O)CCc1ccc(Cl)cc1.O=C(O)c1cc(CCc2ccc(Cl)cc2)[nH]n1. The number of carbonyl (C=O) groups excluding carboxylic acids is 5. The fraction of sp³-hybridized carbons (Fsp3) is 0.271. The summed E-state index contributed by atoms with van der Waals surface area (Å²) in [6.07, 6.45) is 5.68. The number of aliphatic carboxylic acids is 1. The van der Waals surface area contributed by atoms with Gasteiger partial charge in [-0.25, -0.2) is 14.4 Å². The van der Waals surface area contributed by atoms with E-state index in [9.17, 15) is 33.6 Å². The van der Waals surface area contributed by atoms with E-state index in [-0.39, 0.29) is 36.7 Å². The van der Waals surface area contributed by atoms with Gasteiger partial charge < -0.3 is 24.5 Å². The second-order valence-corrected chi connectivity index (χ2v) is 19.4. The van der Waals surface area contributed by atoms with Crippen LogP contribution in [0.3, 0.4) is 0 Å². The van der Waals surface area contributed by atoms with Gasteiger partial charge in [-0.2, -0.15) is 10.2 Å². The lowest BCUT2D eigenvalue weighted by atomic mass is 10.0. The number of esters is 2. The number of hydrogen-bond acceptors (Lipinski definition) is 11. The van der Waals surface area contributed by atoms with Crippen LogP contribution in [0.15, 0.2) is 133 Å². The summed E-state index contributed by atoms with van der Waals surface area (Å²) in [5, 5.41) is 33.8. The Balaban J connectivity index is 0.000000263. The summed E-state index contributed by atoms with van der Waals surface area (Å²) in [4.78, 5) is 76.8. The second kappa shape index (κ2) is 36.9. The number of benzene rings is 5. The summed E-state index contributed by atoms with van der Waals surface area (Å²) in [7, 11) is 0. The molecular formula is C59H61Cl5N4O11. The predicted octanol–water partition coefficient (Wildman–Crippen LogP) is 13.2. The Bertz CT molecular complexity index is 2940. The van der Waals surface area contributed by atoms with Crippen LogP contribution >= 0.6 is 58.0 Å². The molecule has 0 aliphatic heterocycles. The van der Waals surface area contributed by atoms with Crippen molar-refractivity contribution in [3.8, 4) is 0 Å². The summed E-state index contributed by atoms with van der Waals surface area (Å²) >= 11 is 28.7. The van der Waals surface area contributed by atoms with Gasteiger partial charge in [0.1, 0.15) is 11.6 Å². The quantitative estimate of drug-likeness (QED) is 0.0281. The highest BCUT2D eigenvalue weighted by atomic mass is 35.5. The molecule has 0 aliphatic carbocycles. The van der Waals surface area contributed by atoms with Crippen LogP contribution in [0.25, 0.3) is 0 Å². The molecule has 418 valence electrons. The zero-order valence-corrected chi connectivity index (χ0v) is 47.5. The van der Waals surface area contributed by atoms with Gasteiger partial charge in [0.05, 0.1) is 19.6 Å². The highest BCUT2D eigenvalue weighted by Gasteiger charge is 2.19. The maximum absolute atomic E-state index is 11.5. The molecule has 0 bridgehead atoms. The van der Waals surface area contributed by atoms with Gasteiger partial charge in [0.25, 0.3) is 0 Å². The maximum atomic E-state index is 11.5. The third-order valence-electron chi connectivity index (χ3n) is 10.8. The average molecular weight is 1180 g/mol. The molecule has 0 atom stereocenters.